The molecule has 26 heavy (non-hydrogen) atoms. The third kappa shape index (κ3) is 3.52. The maximum Gasteiger partial charge on any atom is 0.395 e. The number of nitrogens with two attached hydrogens (primary N) is 1. The van der Waals surface area contributed by atoms with Crippen molar-refractivity contribution in [2.24, 2.45) is 22.1 Å². The number of fused-ring (bicyclic) bond motifs is 2. The van der Waals surface area contributed by atoms with Crippen molar-refractivity contribution >= 4 is 6.21 Å². The molecule has 0 spiro atoms. The van der Waals surface area contributed by atoms with Crippen molar-refractivity contribution in [3.8, 4) is 0 Å². The second kappa shape index (κ2) is 7.50. The number of hydrogen-bond acceptors (Lipinski definition) is 4. The summed E-state index contributed by atoms with van der Waals surface area (Å²) in [6.45, 7) is 4.75. The van der Waals surface area contributed by atoms with Crippen molar-refractivity contribution in [1.29, 1.82) is 0 Å². The standard InChI is InChI=1S/C19H30F3N3O/c1-12(11-24-9-8-23)25-17-15(10-14-4-5-16(17)26-14)13(2)18(6-3-7-18)19(20,21)22/h11-14,16,25H,3-10,23H2,1-2H3. The molecule has 0 aromatic rings. The van der Waals surface area contributed by atoms with E-state index < -0.39 is 17.5 Å². The number of hydrogen-bond donors (Lipinski definition) is 2. The van der Waals surface area contributed by atoms with Crippen LogP contribution < -0.4 is 11.1 Å². The fourth-order valence-corrected chi connectivity index (χ4v) is 4.67. The van der Waals surface area contributed by atoms with Gasteiger partial charge >= 0.3 is 6.18 Å². The molecule has 4 nitrogen and oxygen atoms in total. The fraction of sp³-hybridized carbons (Fsp3) is 0.842. The Balaban J connectivity index is 1.87. The molecule has 2 heterocycles. The maximum absolute atomic E-state index is 13.9. The van der Waals surface area contributed by atoms with Crippen LogP contribution in [0.25, 0.3) is 0 Å². The van der Waals surface area contributed by atoms with Crippen LogP contribution in [0.5, 0.6) is 0 Å². The van der Waals surface area contributed by atoms with Crippen LogP contribution in [0, 0.1) is 11.3 Å². The smallest absolute Gasteiger partial charge is 0.379 e. The largest absolute Gasteiger partial charge is 0.395 e. The topological polar surface area (TPSA) is 59.6 Å². The molecule has 1 aliphatic carbocycles. The first-order valence-electron chi connectivity index (χ1n) is 9.70. The van der Waals surface area contributed by atoms with Gasteiger partial charge in [0, 0.05) is 18.5 Å². The Morgan fingerprint density at radius 2 is 2.08 bits per heavy atom. The normalized spacial score (nSPS) is 30.4. The second-order valence-corrected chi connectivity index (χ2v) is 7.97. The lowest BCUT2D eigenvalue weighted by Gasteiger charge is -2.49. The van der Waals surface area contributed by atoms with E-state index in [-0.39, 0.29) is 31.1 Å². The first-order chi connectivity index (χ1) is 12.3. The van der Waals surface area contributed by atoms with E-state index in [9.17, 15) is 13.2 Å². The number of halogens is 3. The van der Waals surface area contributed by atoms with Gasteiger partial charge in [0.2, 0.25) is 0 Å². The Morgan fingerprint density at radius 1 is 1.35 bits per heavy atom. The summed E-state index contributed by atoms with van der Waals surface area (Å²) in [5, 5.41) is 3.41. The highest BCUT2D eigenvalue weighted by molar-refractivity contribution is 5.64. The number of rotatable bonds is 7. The lowest BCUT2D eigenvalue weighted by molar-refractivity contribution is -0.265. The third-order valence-electron chi connectivity index (χ3n) is 6.36. The van der Waals surface area contributed by atoms with Gasteiger partial charge in [-0.25, -0.2) is 0 Å². The van der Waals surface area contributed by atoms with Gasteiger partial charge in [-0.15, -0.1) is 0 Å². The zero-order chi connectivity index (χ0) is 18.9. The van der Waals surface area contributed by atoms with Crippen molar-refractivity contribution < 1.29 is 17.9 Å². The minimum absolute atomic E-state index is 0.0644. The molecule has 148 valence electrons. The maximum atomic E-state index is 13.9. The highest BCUT2D eigenvalue weighted by Crippen LogP contribution is 2.60. The summed E-state index contributed by atoms with van der Waals surface area (Å²) in [6, 6.07) is -0.0669. The molecule has 3 aliphatic rings. The van der Waals surface area contributed by atoms with Crippen molar-refractivity contribution in [1.82, 2.24) is 5.32 Å². The van der Waals surface area contributed by atoms with E-state index in [4.69, 9.17) is 10.5 Å². The SMILES string of the molecule is CC(C=NCCN)NC1=C(C(C)C2(C(F)(F)F)CCC2)CC2CCC1O2. The number of nitrogens with zero attached hydrogens (tertiary/aromatic N) is 1. The molecule has 4 unspecified atom stereocenters. The van der Waals surface area contributed by atoms with Gasteiger partial charge in [-0.2, -0.15) is 13.2 Å². The lowest BCUT2D eigenvalue weighted by Crippen LogP contribution is -2.51. The van der Waals surface area contributed by atoms with Gasteiger partial charge in [0.1, 0.15) is 0 Å². The van der Waals surface area contributed by atoms with E-state index in [1.807, 2.05) is 6.92 Å². The average molecular weight is 373 g/mol. The highest BCUT2D eigenvalue weighted by atomic mass is 19.4. The zero-order valence-electron chi connectivity index (χ0n) is 15.6. The Morgan fingerprint density at radius 3 is 2.65 bits per heavy atom. The van der Waals surface area contributed by atoms with Gasteiger partial charge in [-0.1, -0.05) is 13.3 Å². The molecule has 0 amide bonds. The van der Waals surface area contributed by atoms with Gasteiger partial charge in [0.25, 0.3) is 0 Å². The van der Waals surface area contributed by atoms with E-state index in [1.165, 1.54) is 0 Å². The highest BCUT2D eigenvalue weighted by Gasteiger charge is 2.62. The summed E-state index contributed by atoms with van der Waals surface area (Å²) in [5.74, 6) is -0.515. The summed E-state index contributed by atoms with van der Waals surface area (Å²) in [5.41, 5.74) is 5.67. The van der Waals surface area contributed by atoms with E-state index in [1.54, 1.807) is 13.1 Å². The van der Waals surface area contributed by atoms with Crippen LogP contribution in [0.2, 0.25) is 0 Å². The summed E-state index contributed by atoms with van der Waals surface area (Å²) in [6.07, 6.45) is 1.10. The van der Waals surface area contributed by atoms with Crippen molar-refractivity contribution in [3.63, 3.8) is 0 Å². The zero-order valence-corrected chi connectivity index (χ0v) is 15.6. The Kier molecular flexibility index (Phi) is 5.68. The Hall–Kier alpha value is -1.08. The molecule has 0 aromatic heterocycles. The van der Waals surface area contributed by atoms with E-state index in [0.717, 1.165) is 24.1 Å². The van der Waals surface area contributed by atoms with Gasteiger partial charge in [0.15, 0.2) is 0 Å². The lowest BCUT2D eigenvalue weighted by atomic mass is 9.58. The Bertz CT molecular complexity index is 569. The molecule has 0 radical (unpaired) electrons. The van der Waals surface area contributed by atoms with Crippen LogP contribution in [-0.4, -0.2) is 43.7 Å². The first kappa shape index (κ1) is 19.7. The van der Waals surface area contributed by atoms with Gasteiger partial charge in [0.05, 0.1) is 30.2 Å². The van der Waals surface area contributed by atoms with Crippen molar-refractivity contribution in [2.45, 2.75) is 76.8 Å². The monoisotopic (exact) mass is 373 g/mol. The second-order valence-electron chi connectivity index (χ2n) is 7.97. The predicted octanol–water partition coefficient (Wildman–Crippen LogP) is 3.57. The summed E-state index contributed by atoms with van der Waals surface area (Å²) in [7, 11) is 0. The minimum Gasteiger partial charge on any atom is -0.379 e. The van der Waals surface area contributed by atoms with Crippen LogP contribution in [0.3, 0.4) is 0 Å². The fourth-order valence-electron chi connectivity index (χ4n) is 4.67. The molecule has 3 N–H and O–H groups in total. The number of ether oxygens (including phenoxy) is 1. The molecule has 4 atom stereocenters. The number of aliphatic imine (C=N–C) groups is 1. The Labute approximate surface area is 153 Å². The number of alkyl halides is 3. The molecular weight excluding hydrogens is 343 g/mol. The molecule has 2 aliphatic heterocycles. The van der Waals surface area contributed by atoms with E-state index in [0.29, 0.717) is 25.9 Å². The number of nitrogens with one attached hydrogen (secondary N) is 1. The van der Waals surface area contributed by atoms with Crippen molar-refractivity contribution in [3.05, 3.63) is 11.3 Å². The molecular formula is C19H30F3N3O. The molecule has 2 fully saturated rings. The van der Waals surface area contributed by atoms with Crippen LogP contribution in [0.4, 0.5) is 13.2 Å². The molecule has 7 heteroatoms. The third-order valence-corrected chi connectivity index (χ3v) is 6.36. The van der Waals surface area contributed by atoms with Crippen molar-refractivity contribution in [2.75, 3.05) is 13.1 Å². The molecule has 1 saturated heterocycles. The average Bonchev–Trinajstić information content (AvgIpc) is 2.90. The quantitative estimate of drug-likeness (QED) is 0.671. The minimum atomic E-state index is -4.16. The van der Waals surface area contributed by atoms with Gasteiger partial charge in [-0.05, 0) is 50.5 Å². The summed E-state index contributed by atoms with van der Waals surface area (Å²) < 4.78 is 47.6. The van der Waals surface area contributed by atoms with Crippen LogP contribution in [-0.2, 0) is 4.74 Å². The first-order valence-corrected chi connectivity index (χ1v) is 9.70. The summed E-state index contributed by atoms with van der Waals surface area (Å²) in [4.78, 5) is 4.25. The van der Waals surface area contributed by atoms with E-state index in [2.05, 4.69) is 10.3 Å². The predicted molar refractivity (Wildman–Crippen MR) is 96.1 cm³/mol. The molecule has 1 saturated carbocycles. The van der Waals surface area contributed by atoms with Gasteiger partial charge < -0.3 is 15.8 Å². The molecule has 3 rings (SSSR count). The van der Waals surface area contributed by atoms with Crippen LogP contribution >= 0.6 is 0 Å². The van der Waals surface area contributed by atoms with Gasteiger partial charge in [-0.3, -0.25) is 4.99 Å². The molecule has 0 aromatic carbocycles. The van der Waals surface area contributed by atoms with Crippen LogP contribution in [0.15, 0.2) is 16.3 Å². The molecule has 2 bridgehead atoms. The summed E-state index contributed by atoms with van der Waals surface area (Å²) >= 11 is 0. The van der Waals surface area contributed by atoms with E-state index >= 15 is 0 Å². The van der Waals surface area contributed by atoms with Crippen LogP contribution in [0.1, 0.15) is 52.4 Å².